The Morgan fingerprint density at radius 1 is 1.26 bits per heavy atom. The van der Waals surface area contributed by atoms with Crippen LogP contribution in [0.2, 0.25) is 0 Å². The zero-order valence-corrected chi connectivity index (χ0v) is 15.6. The van der Waals surface area contributed by atoms with Crippen LogP contribution in [0.25, 0.3) is 17.5 Å². The highest BCUT2D eigenvalue weighted by atomic mass is 32.2. The van der Waals surface area contributed by atoms with Gasteiger partial charge in [0.05, 0.1) is 0 Å². The first-order valence-corrected chi connectivity index (χ1v) is 9.88. The molecule has 0 spiro atoms. The van der Waals surface area contributed by atoms with Crippen LogP contribution in [0.1, 0.15) is 24.4 Å². The minimum Gasteiger partial charge on any atom is -0.373 e. The fourth-order valence-corrected chi connectivity index (χ4v) is 3.70. The summed E-state index contributed by atoms with van der Waals surface area (Å²) in [7, 11) is 0. The van der Waals surface area contributed by atoms with Gasteiger partial charge in [-0.3, -0.25) is 9.55 Å². The van der Waals surface area contributed by atoms with E-state index < -0.39 is 6.23 Å². The summed E-state index contributed by atoms with van der Waals surface area (Å²) in [6.45, 7) is 3.74. The maximum absolute atomic E-state index is 10.3. The Morgan fingerprint density at radius 3 is 2.74 bits per heavy atom. The first kappa shape index (κ1) is 17.8. The zero-order chi connectivity index (χ0) is 18.6. The maximum Gasteiger partial charge on any atom is 0.191 e. The molecule has 2 aromatic heterocycles. The van der Waals surface area contributed by atoms with Crippen molar-refractivity contribution in [2.45, 2.75) is 30.3 Å². The van der Waals surface area contributed by atoms with E-state index >= 15 is 0 Å². The van der Waals surface area contributed by atoms with Gasteiger partial charge in [-0.1, -0.05) is 36.5 Å². The van der Waals surface area contributed by atoms with Crippen LogP contribution in [0.4, 0.5) is 5.69 Å². The molecule has 4 rings (SSSR count). The van der Waals surface area contributed by atoms with Crippen molar-refractivity contribution in [3.8, 4) is 11.4 Å². The number of anilines is 1. The summed E-state index contributed by atoms with van der Waals surface area (Å²) in [5.74, 6) is 1.32. The van der Waals surface area contributed by atoms with Crippen LogP contribution in [0.15, 0.2) is 60.5 Å². The molecule has 0 radical (unpaired) electrons. The third-order valence-corrected chi connectivity index (χ3v) is 5.37. The number of nitrogens with zero attached hydrogens (tertiary/aromatic N) is 4. The molecule has 2 heterocycles. The molecule has 0 amide bonds. The number of thioether (sulfide) groups is 1. The number of benzene rings is 1. The van der Waals surface area contributed by atoms with Crippen molar-refractivity contribution in [1.82, 2.24) is 19.7 Å². The Balaban J connectivity index is 1.43. The van der Waals surface area contributed by atoms with Gasteiger partial charge in [0.2, 0.25) is 0 Å². The molecular formula is C20H21N5OS. The second-order valence-electron chi connectivity index (χ2n) is 6.45. The Labute approximate surface area is 162 Å². The second-order valence-corrected chi connectivity index (χ2v) is 7.43. The van der Waals surface area contributed by atoms with Crippen LogP contribution in [0, 0.1) is 0 Å². The molecule has 0 aliphatic heterocycles. The van der Waals surface area contributed by atoms with E-state index in [1.165, 1.54) is 11.8 Å². The molecule has 1 aromatic carbocycles. The van der Waals surface area contributed by atoms with E-state index in [0.717, 1.165) is 40.6 Å². The summed E-state index contributed by atoms with van der Waals surface area (Å²) < 4.78 is 2.17. The molecule has 1 unspecified atom stereocenters. The van der Waals surface area contributed by atoms with Gasteiger partial charge in [0.15, 0.2) is 11.0 Å². The summed E-state index contributed by atoms with van der Waals surface area (Å²) in [6.07, 6.45) is 6.93. The van der Waals surface area contributed by atoms with Gasteiger partial charge in [0.1, 0.15) is 6.23 Å². The number of rotatable bonds is 8. The van der Waals surface area contributed by atoms with E-state index in [4.69, 9.17) is 0 Å². The van der Waals surface area contributed by atoms with Crippen molar-refractivity contribution in [3.05, 3.63) is 60.9 Å². The number of aromatic nitrogens is 4. The van der Waals surface area contributed by atoms with Gasteiger partial charge in [-0.25, -0.2) is 0 Å². The lowest BCUT2D eigenvalue weighted by atomic mass is 10.2. The zero-order valence-electron chi connectivity index (χ0n) is 14.8. The molecule has 1 aliphatic carbocycles. The summed E-state index contributed by atoms with van der Waals surface area (Å²) in [6, 6.07) is 12.1. The molecule has 27 heavy (non-hydrogen) atoms. The molecule has 1 fully saturated rings. The molecule has 2 N–H and O–H groups in total. The number of hydrogen-bond donors (Lipinski definition) is 2. The van der Waals surface area contributed by atoms with Crippen LogP contribution in [-0.2, 0) is 0 Å². The van der Waals surface area contributed by atoms with Crippen molar-refractivity contribution >= 4 is 23.5 Å². The van der Waals surface area contributed by atoms with Crippen molar-refractivity contribution in [2.75, 3.05) is 11.1 Å². The SMILES string of the molecule is C=Cc1ccc(NC(O)CSc2nnc(-c3cccnc3)n2C2CC2)cc1. The molecule has 0 bridgehead atoms. The fraction of sp³-hybridized carbons (Fsp3) is 0.250. The molecule has 0 saturated heterocycles. The van der Waals surface area contributed by atoms with Gasteiger partial charge in [0.25, 0.3) is 0 Å². The van der Waals surface area contributed by atoms with Crippen molar-refractivity contribution in [3.63, 3.8) is 0 Å². The number of nitrogens with one attached hydrogen (secondary N) is 1. The standard InChI is InChI=1S/C20H21N5OS/c1-2-14-5-7-16(8-6-14)22-18(26)13-27-20-24-23-19(25(20)17-9-10-17)15-4-3-11-21-12-15/h2-8,11-12,17-18,22,26H,1,9-10,13H2. The summed E-state index contributed by atoms with van der Waals surface area (Å²) in [5, 5.41) is 23.0. The average Bonchev–Trinajstić information content (AvgIpc) is 3.46. The quantitative estimate of drug-likeness (QED) is 0.457. The highest BCUT2D eigenvalue weighted by Gasteiger charge is 2.30. The molecule has 138 valence electrons. The number of aliphatic hydroxyl groups is 1. The van der Waals surface area contributed by atoms with Gasteiger partial charge in [-0.05, 0) is 42.7 Å². The Hall–Kier alpha value is -2.64. The first-order valence-electron chi connectivity index (χ1n) is 8.90. The van der Waals surface area contributed by atoms with E-state index in [9.17, 15) is 5.11 Å². The third kappa shape index (κ3) is 4.20. The lowest BCUT2D eigenvalue weighted by molar-refractivity contribution is 0.229. The first-order chi connectivity index (χ1) is 13.2. The number of aliphatic hydroxyl groups excluding tert-OH is 1. The lowest BCUT2D eigenvalue weighted by Crippen LogP contribution is -2.21. The Bertz CT molecular complexity index is 906. The summed E-state index contributed by atoms with van der Waals surface area (Å²) in [5.41, 5.74) is 2.88. The number of hydrogen-bond acceptors (Lipinski definition) is 6. The molecule has 1 atom stereocenters. The van der Waals surface area contributed by atoms with Crippen LogP contribution < -0.4 is 5.32 Å². The fourth-order valence-electron chi connectivity index (χ4n) is 2.83. The summed E-state index contributed by atoms with van der Waals surface area (Å²) >= 11 is 1.51. The largest absolute Gasteiger partial charge is 0.373 e. The van der Waals surface area contributed by atoms with E-state index in [1.54, 1.807) is 18.5 Å². The highest BCUT2D eigenvalue weighted by molar-refractivity contribution is 7.99. The van der Waals surface area contributed by atoms with E-state index in [2.05, 4.69) is 31.6 Å². The Morgan fingerprint density at radius 2 is 2.07 bits per heavy atom. The normalized spacial score (nSPS) is 14.7. The minimum absolute atomic E-state index is 0.439. The van der Waals surface area contributed by atoms with Gasteiger partial charge < -0.3 is 10.4 Å². The predicted molar refractivity (Wildman–Crippen MR) is 108 cm³/mol. The average molecular weight is 379 g/mol. The van der Waals surface area contributed by atoms with Gasteiger partial charge in [-0.2, -0.15) is 0 Å². The molecule has 1 aliphatic rings. The van der Waals surface area contributed by atoms with Crippen molar-refractivity contribution in [2.24, 2.45) is 0 Å². The van der Waals surface area contributed by atoms with E-state index in [-0.39, 0.29) is 0 Å². The monoisotopic (exact) mass is 379 g/mol. The van der Waals surface area contributed by atoms with Gasteiger partial charge in [0, 0.05) is 35.4 Å². The minimum atomic E-state index is -0.684. The summed E-state index contributed by atoms with van der Waals surface area (Å²) in [4.78, 5) is 4.18. The van der Waals surface area contributed by atoms with Crippen LogP contribution >= 0.6 is 11.8 Å². The Kier molecular flexibility index (Phi) is 5.22. The molecule has 1 saturated carbocycles. The van der Waals surface area contributed by atoms with Crippen molar-refractivity contribution < 1.29 is 5.11 Å². The lowest BCUT2D eigenvalue weighted by Gasteiger charge is -2.14. The van der Waals surface area contributed by atoms with E-state index in [0.29, 0.717) is 11.8 Å². The topological polar surface area (TPSA) is 75.9 Å². The third-order valence-electron chi connectivity index (χ3n) is 4.35. The molecule has 3 aromatic rings. The van der Waals surface area contributed by atoms with Crippen molar-refractivity contribution in [1.29, 1.82) is 0 Å². The highest BCUT2D eigenvalue weighted by Crippen LogP contribution is 2.41. The van der Waals surface area contributed by atoms with Gasteiger partial charge >= 0.3 is 0 Å². The predicted octanol–water partition coefficient (Wildman–Crippen LogP) is 3.84. The second kappa shape index (κ2) is 7.94. The number of pyridine rings is 1. The molecule has 6 nitrogen and oxygen atoms in total. The maximum atomic E-state index is 10.3. The molecular weight excluding hydrogens is 358 g/mol. The smallest absolute Gasteiger partial charge is 0.191 e. The van der Waals surface area contributed by atoms with Crippen LogP contribution in [0.3, 0.4) is 0 Å². The van der Waals surface area contributed by atoms with Gasteiger partial charge in [-0.15, -0.1) is 10.2 Å². The van der Waals surface area contributed by atoms with E-state index in [1.807, 2.05) is 36.4 Å². The van der Waals surface area contributed by atoms with Crippen LogP contribution in [0.5, 0.6) is 0 Å². The molecule has 7 heteroatoms. The van der Waals surface area contributed by atoms with Crippen LogP contribution in [-0.4, -0.2) is 36.8 Å².